The fourth-order valence-electron chi connectivity index (χ4n) is 0.844. The number of carboxylic acids is 1. The van der Waals surface area contributed by atoms with Gasteiger partial charge < -0.3 is 28.5 Å². The molecule has 0 fully saturated rings. The van der Waals surface area contributed by atoms with Crippen molar-refractivity contribution in [3.8, 4) is 0 Å². The minimum Gasteiger partial charge on any atom is -0.481 e. The Morgan fingerprint density at radius 1 is 0.810 bits per heavy atom. The fraction of sp³-hybridized carbons (Fsp3) is 0.929. The summed E-state index contributed by atoms with van der Waals surface area (Å²) in [6.07, 6.45) is 0.0279. The Labute approximate surface area is 128 Å². The average molecular weight is 310 g/mol. The molecule has 0 rings (SSSR count). The van der Waals surface area contributed by atoms with Gasteiger partial charge in [-0.05, 0) is 0 Å². The van der Waals surface area contributed by atoms with E-state index >= 15 is 0 Å². The maximum atomic E-state index is 10.1. The van der Waals surface area contributed by atoms with Gasteiger partial charge in [0, 0.05) is 7.11 Å². The van der Waals surface area contributed by atoms with Gasteiger partial charge in [-0.3, -0.25) is 4.79 Å². The number of methoxy groups -OCH3 is 1. The summed E-state index contributed by atoms with van der Waals surface area (Å²) in [5, 5.41) is 8.32. The van der Waals surface area contributed by atoms with Crippen LogP contribution in [0.2, 0.25) is 0 Å². The lowest BCUT2D eigenvalue weighted by Gasteiger charge is -2.14. The van der Waals surface area contributed by atoms with Gasteiger partial charge in [0.2, 0.25) is 0 Å². The van der Waals surface area contributed by atoms with E-state index in [9.17, 15) is 4.79 Å². The lowest BCUT2D eigenvalue weighted by Crippen LogP contribution is -2.27. The zero-order valence-corrected chi connectivity index (χ0v) is 14.1. The van der Waals surface area contributed by atoms with Crippen molar-refractivity contribution in [2.75, 3.05) is 81.5 Å². The van der Waals surface area contributed by atoms with Crippen LogP contribution in [0.25, 0.3) is 0 Å². The van der Waals surface area contributed by atoms with Crippen LogP contribution in [0.1, 0.15) is 6.42 Å². The molecule has 0 saturated heterocycles. The van der Waals surface area contributed by atoms with Gasteiger partial charge in [-0.1, -0.05) is 0 Å². The third kappa shape index (κ3) is 38.2. The van der Waals surface area contributed by atoms with Crippen LogP contribution in [-0.4, -0.2) is 97.1 Å². The Morgan fingerprint density at radius 2 is 1.14 bits per heavy atom. The van der Waals surface area contributed by atoms with Crippen molar-refractivity contribution in [1.82, 2.24) is 0 Å². The van der Waals surface area contributed by atoms with Gasteiger partial charge in [0.15, 0.2) is 0 Å². The molecule has 0 heterocycles. The number of nitrogens with zero attached hydrogens (tertiary/aromatic N) is 1. The zero-order chi connectivity index (χ0) is 16.6. The molecule has 0 saturated carbocycles. The summed E-state index contributed by atoms with van der Waals surface area (Å²) in [5.41, 5.74) is 0. The predicted molar refractivity (Wildman–Crippen MR) is 80.5 cm³/mol. The summed E-state index contributed by atoms with van der Waals surface area (Å²) in [7, 11) is 10.1. The van der Waals surface area contributed by atoms with Crippen molar-refractivity contribution < 1.29 is 33.3 Å². The normalized spacial score (nSPS) is 10.9. The molecule has 0 bridgehead atoms. The van der Waals surface area contributed by atoms with E-state index in [1.807, 2.05) is 0 Å². The van der Waals surface area contributed by atoms with Gasteiger partial charge >= 0.3 is 5.97 Å². The van der Waals surface area contributed by atoms with Gasteiger partial charge in [0.1, 0.15) is 0 Å². The molecule has 0 amide bonds. The monoisotopic (exact) mass is 310 g/mol. The molecule has 0 aromatic carbocycles. The topological polar surface area (TPSA) is 74.2 Å². The first-order chi connectivity index (χ1) is 9.77. The predicted octanol–water partition coefficient (Wildman–Crippen LogP) is 0.480. The minimum absolute atomic E-state index is 0.0279. The smallest absolute Gasteiger partial charge is 0.305 e. The summed E-state index contributed by atoms with van der Waals surface area (Å²) in [5.74, 6) is -0.854. The summed E-state index contributed by atoms with van der Waals surface area (Å²) in [6, 6.07) is 0. The van der Waals surface area contributed by atoms with E-state index in [0.29, 0.717) is 39.6 Å². The van der Waals surface area contributed by atoms with Crippen molar-refractivity contribution in [3.63, 3.8) is 0 Å². The SMILES string of the molecule is COCCOCCOCCOCCC(=O)O.C[N+](C)(C)C. The van der Waals surface area contributed by atoms with Crippen LogP contribution >= 0.6 is 0 Å². The highest BCUT2D eigenvalue weighted by Gasteiger charge is 1.96. The highest BCUT2D eigenvalue weighted by molar-refractivity contribution is 5.66. The molecule has 7 heteroatoms. The summed E-state index contributed by atoms with van der Waals surface area (Å²) in [6.45, 7) is 3.26. The number of quaternary nitrogens is 1. The number of carbonyl (C=O) groups is 1. The van der Waals surface area contributed by atoms with Crippen molar-refractivity contribution in [1.29, 1.82) is 0 Å². The number of carboxylic acid groups (broad SMARTS) is 1. The van der Waals surface area contributed by atoms with Gasteiger partial charge in [0.05, 0.1) is 80.9 Å². The third-order valence-electron chi connectivity index (χ3n) is 1.64. The highest BCUT2D eigenvalue weighted by atomic mass is 16.6. The van der Waals surface area contributed by atoms with Crippen molar-refractivity contribution in [2.45, 2.75) is 6.42 Å². The molecular formula is C14H32NO6+. The molecule has 0 aliphatic carbocycles. The molecular weight excluding hydrogens is 278 g/mol. The number of hydrogen-bond donors (Lipinski definition) is 1. The van der Waals surface area contributed by atoms with Crippen LogP contribution < -0.4 is 0 Å². The maximum Gasteiger partial charge on any atom is 0.305 e. The Bertz CT molecular complexity index is 224. The molecule has 0 aliphatic heterocycles. The molecule has 0 radical (unpaired) electrons. The van der Waals surface area contributed by atoms with Crippen molar-refractivity contribution in [3.05, 3.63) is 0 Å². The van der Waals surface area contributed by atoms with Crippen molar-refractivity contribution >= 4 is 5.97 Å². The molecule has 0 aromatic rings. The largest absolute Gasteiger partial charge is 0.481 e. The quantitative estimate of drug-likeness (QED) is 0.417. The van der Waals surface area contributed by atoms with E-state index < -0.39 is 5.97 Å². The lowest BCUT2D eigenvalue weighted by molar-refractivity contribution is -0.849. The summed E-state index contributed by atoms with van der Waals surface area (Å²) in [4.78, 5) is 10.1. The first kappa shape index (κ1) is 22.5. The number of ether oxygens (including phenoxy) is 4. The molecule has 0 aliphatic rings. The standard InChI is InChI=1S/C10H20O6.C4H12N/c1-13-4-5-15-8-9-16-7-6-14-3-2-10(11)12;1-5(2,3)4/h2-9H2,1H3,(H,11,12);1-4H3/q;+1. The van der Waals surface area contributed by atoms with Gasteiger partial charge in [-0.15, -0.1) is 0 Å². The number of aliphatic carboxylic acids is 1. The Balaban J connectivity index is 0. The van der Waals surface area contributed by atoms with Crippen LogP contribution in [0.4, 0.5) is 0 Å². The average Bonchev–Trinajstić information content (AvgIpc) is 2.33. The maximum absolute atomic E-state index is 10.1. The first-order valence-electron chi connectivity index (χ1n) is 7.00. The first-order valence-corrected chi connectivity index (χ1v) is 7.00. The van der Waals surface area contributed by atoms with Crippen LogP contribution in [0.5, 0.6) is 0 Å². The molecule has 0 atom stereocenters. The zero-order valence-electron chi connectivity index (χ0n) is 14.1. The molecule has 0 aromatic heterocycles. The van der Waals surface area contributed by atoms with E-state index in [0.717, 1.165) is 4.48 Å². The lowest BCUT2D eigenvalue weighted by atomic mass is 10.5. The van der Waals surface area contributed by atoms with Crippen LogP contribution in [0, 0.1) is 0 Å². The van der Waals surface area contributed by atoms with E-state index in [4.69, 9.17) is 24.1 Å². The van der Waals surface area contributed by atoms with Gasteiger partial charge in [0.25, 0.3) is 0 Å². The van der Waals surface area contributed by atoms with Crippen molar-refractivity contribution in [2.24, 2.45) is 0 Å². The Morgan fingerprint density at radius 3 is 1.48 bits per heavy atom. The van der Waals surface area contributed by atoms with Gasteiger partial charge in [-0.25, -0.2) is 0 Å². The fourth-order valence-corrected chi connectivity index (χ4v) is 0.844. The van der Waals surface area contributed by atoms with E-state index in [1.165, 1.54) is 0 Å². The second-order valence-corrected chi connectivity index (χ2v) is 5.66. The minimum atomic E-state index is -0.854. The molecule has 128 valence electrons. The molecule has 0 spiro atoms. The Hall–Kier alpha value is -0.730. The second-order valence-electron chi connectivity index (χ2n) is 5.66. The van der Waals surface area contributed by atoms with Crippen LogP contribution in [-0.2, 0) is 23.7 Å². The molecule has 7 nitrogen and oxygen atoms in total. The summed E-state index contributed by atoms with van der Waals surface area (Å²) < 4.78 is 21.2. The molecule has 1 N–H and O–H groups in total. The molecule has 0 unspecified atom stereocenters. The Kier molecular flexibility index (Phi) is 16.8. The van der Waals surface area contributed by atoms with E-state index in [2.05, 4.69) is 28.2 Å². The van der Waals surface area contributed by atoms with Crippen LogP contribution in [0.15, 0.2) is 0 Å². The number of hydrogen-bond acceptors (Lipinski definition) is 5. The summed E-state index contributed by atoms with van der Waals surface area (Å²) >= 11 is 0. The van der Waals surface area contributed by atoms with Crippen LogP contribution in [0.3, 0.4) is 0 Å². The third-order valence-corrected chi connectivity index (χ3v) is 1.64. The highest BCUT2D eigenvalue weighted by Crippen LogP contribution is 1.84. The van der Waals surface area contributed by atoms with E-state index in [1.54, 1.807) is 7.11 Å². The number of rotatable bonds is 12. The second kappa shape index (κ2) is 15.7. The van der Waals surface area contributed by atoms with E-state index in [-0.39, 0.29) is 13.0 Å². The molecule has 21 heavy (non-hydrogen) atoms. The van der Waals surface area contributed by atoms with Gasteiger partial charge in [-0.2, -0.15) is 0 Å².